The van der Waals surface area contributed by atoms with E-state index < -0.39 is 46.0 Å². The summed E-state index contributed by atoms with van der Waals surface area (Å²) in [6.45, 7) is -0.249. The highest BCUT2D eigenvalue weighted by atomic mass is 79.9. The third kappa shape index (κ3) is 4.08. The Morgan fingerprint density at radius 3 is 2.55 bits per heavy atom. The fourth-order valence-corrected chi connectivity index (χ4v) is 1.77. The minimum atomic E-state index is -4.66. The molecule has 0 fully saturated rings. The lowest BCUT2D eigenvalue weighted by molar-refractivity contribution is -0.305. The van der Waals surface area contributed by atoms with Gasteiger partial charge in [-0.15, -0.1) is 0 Å². The highest BCUT2D eigenvalue weighted by Gasteiger charge is 2.35. The van der Waals surface area contributed by atoms with Crippen LogP contribution in [0.4, 0.5) is 18.9 Å². The number of alkyl halides is 3. The summed E-state index contributed by atoms with van der Waals surface area (Å²) in [5.41, 5.74) is 3.34. The maximum absolute atomic E-state index is 12.6. The van der Waals surface area contributed by atoms with E-state index in [1.807, 2.05) is 0 Å². The second-order valence-electron chi connectivity index (χ2n) is 3.64. The fraction of sp³-hybridized carbons (Fsp3) is 0.300. The van der Waals surface area contributed by atoms with Crippen molar-refractivity contribution in [2.75, 3.05) is 12.3 Å². The van der Waals surface area contributed by atoms with Crippen LogP contribution in [0.2, 0.25) is 0 Å². The van der Waals surface area contributed by atoms with Gasteiger partial charge in [0.2, 0.25) is 0 Å². The van der Waals surface area contributed by atoms with Gasteiger partial charge in [0.1, 0.15) is 4.60 Å². The summed E-state index contributed by atoms with van der Waals surface area (Å²) in [5, 5.41) is 12.3. The van der Waals surface area contributed by atoms with Crippen molar-refractivity contribution in [2.45, 2.75) is 12.6 Å². The molecule has 6 nitrogen and oxygen atoms in total. The Labute approximate surface area is 119 Å². The predicted molar refractivity (Wildman–Crippen MR) is 63.3 cm³/mol. The van der Waals surface area contributed by atoms with E-state index in [1.54, 1.807) is 0 Å². The number of hydrogen-bond acceptors (Lipinski definition) is 5. The van der Waals surface area contributed by atoms with Crippen molar-refractivity contribution in [2.24, 2.45) is 0 Å². The molecule has 1 amide bonds. The van der Waals surface area contributed by atoms with Crippen LogP contribution in [0.15, 0.2) is 10.7 Å². The number of rotatable bonds is 4. The summed E-state index contributed by atoms with van der Waals surface area (Å²) < 4.78 is 37.1. The average Bonchev–Trinajstić information content (AvgIpc) is 2.29. The number of nitrogens with two attached hydrogens (primary N) is 1. The number of nitrogens with zero attached hydrogens (tertiary/aromatic N) is 1. The number of aliphatic carboxylic acids is 1. The Bertz CT molecular complexity index is 549. The number of carbonyl (C=O) groups excluding carboxylic acids is 2. The third-order valence-corrected chi connectivity index (χ3v) is 2.75. The van der Waals surface area contributed by atoms with Crippen molar-refractivity contribution in [3.8, 4) is 0 Å². The van der Waals surface area contributed by atoms with Crippen LogP contribution in [0.3, 0.4) is 0 Å². The number of carbonyl (C=O) groups is 2. The third-order valence-electron chi connectivity index (χ3n) is 2.14. The minimum absolute atomic E-state index is 0.249. The van der Waals surface area contributed by atoms with Crippen LogP contribution in [-0.2, 0) is 11.0 Å². The van der Waals surface area contributed by atoms with Gasteiger partial charge in [0.15, 0.2) is 5.69 Å². The van der Waals surface area contributed by atoms with Crippen molar-refractivity contribution in [3.63, 3.8) is 0 Å². The summed E-state index contributed by atoms with van der Waals surface area (Å²) in [6.07, 6.45) is -5.10. The molecule has 0 unspecified atom stereocenters. The molecule has 1 aromatic rings. The van der Waals surface area contributed by atoms with Crippen LogP contribution in [-0.4, -0.2) is 23.4 Å². The zero-order valence-corrected chi connectivity index (χ0v) is 11.3. The van der Waals surface area contributed by atoms with E-state index >= 15 is 0 Å². The highest BCUT2D eigenvalue weighted by Crippen LogP contribution is 2.35. The van der Waals surface area contributed by atoms with E-state index in [1.165, 1.54) is 0 Å². The summed E-state index contributed by atoms with van der Waals surface area (Å²) in [5.74, 6) is -2.25. The Kier molecular flexibility index (Phi) is 4.93. The second-order valence-corrected chi connectivity index (χ2v) is 4.39. The standard InChI is InChI=1S/C10H9BrF3N3O3/c11-8-4(10(12,13)14)3-5(15)7(17-8)9(20)16-2-1-6(18)19/h3H,1-2,15H2,(H,16,20)(H,18,19)/p-1. The summed E-state index contributed by atoms with van der Waals surface area (Å²) >= 11 is 2.61. The first-order valence-electron chi connectivity index (χ1n) is 5.14. The molecule has 0 aliphatic rings. The van der Waals surface area contributed by atoms with Gasteiger partial charge in [0.25, 0.3) is 5.91 Å². The number of carboxylic acid groups (broad SMARTS) is 1. The van der Waals surface area contributed by atoms with Crippen molar-refractivity contribution in [3.05, 3.63) is 21.9 Å². The van der Waals surface area contributed by atoms with Crippen LogP contribution >= 0.6 is 15.9 Å². The molecule has 0 radical (unpaired) electrons. The molecule has 0 atom stereocenters. The molecule has 20 heavy (non-hydrogen) atoms. The molecule has 0 aromatic carbocycles. The molecule has 110 valence electrons. The number of nitrogen functional groups attached to an aromatic ring is 1. The van der Waals surface area contributed by atoms with Crippen LogP contribution in [0.1, 0.15) is 22.5 Å². The number of halogens is 4. The predicted octanol–water partition coefficient (Wildman–Crippen LogP) is 0.315. The molecule has 0 aliphatic heterocycles. The molecule has 3 N–H and O–H groups in total. The van der Waals surface area contributed by atoms with E-state index in [-0.39, 0.29) is 6.54 Å². The average molecular weight is 355 g/mol. The number of aromatic nitrogens is 1. The summed E-state index contributed by atoms with van der Waals surface area (Å²) in [6, 6.07) is 0.574. The number of carboxylic acids is 1. The first-order valence-corrected chi connectivity index (χ1v) is 5.93. The lowest BCUT2D eigenvalue weighted by atomic mass is 10.2. The maximum atomic E-state index is 12.6. The van der Waals surface area contributed by atoms with Crippen LogP contribution in [0.5, 0.6) is 0 Å². The largest absolute Gasteiger partial charge is 0.550 e. The first-order chi connectivity index (χ1) is 9.12. The maximum Gasteiger partial charge on any atom is 0.419 e. The number of pyridine rings is 1. The zero-order valence-electron chi connectivity index (χ0n) is 9.75. The molecule has 1 rings (SSSR count). The van der Waals surface area contributed by atoms with Gasteiger partial charge >= 0.3 is 6.18 Å². The van der Waals surface area contributed by atoms with Crippen molar-refractivity contribution >= 4 is 33.5 Å². The van der Waals surface area contributed by atoms with Crippen LogP contribution in [0, 0.1) is 0 Å². The van der Waals surface area contributed by atoms with Crippen LogP contribution in [0.25, 0.3) is 0 Å². The van der Waals surface area contributed by atoms with Gasteiger partial charge in [0, 0.05) is 18.9 Å². The molecule has 0 bridgehead atoms. The zero-order chi connectivity index (χ0) is 15.5. The molecular formula is C10H8BrF3N3O3-. The molecule has 0 spiro atoms. The number of hydrogen-bond donors (Lipinski definition) is 2. The van der Waals surface area contributed by atoms with E-state index in [0.29, 0.717) is 6.07 Å². The Hall–Kier alpha value is -1.84. The molecule has 10 heteroatoms. The number of anilines is 1. The van der Waals surface area contributed by atoms with E-state index in [4.69, 9.17) is 5.73 Å². The molecule has 0 saturated carbocycles. The van der Waals surface area contributed by atoms with E-state index in [9.17, 15) is 27.9 Å². The molecule has 1 aromatic heterocycles. The Morgan fingerprint density at radius 2 is 2.05 bits per heavy atom. The topological polar surface area (TPSA) is 108 Å². The SMILES string of the molecule is Nc1cc(C(F)(F)F)c(Br)nc1C(=O)NCCC(=O)[O-]. The quantitative estimate of drug-likeness (QED) is 0.756. The highest BCUT2D eigenvalue weighted by molar-refractivity contribution is 9.10. The molecule has 0 saturated heterocycles. The smallest absolute Gasteiger partial charge is 0.419 e. The molecular weight excluding hydrogens is 347 g/mol. The summed E-state index contributed by atoms with van der Waals surface area (Å²) in [4.78, 5) is 25.2. The first kappa shape index (κ1) is 16.2. The van der Waals surface area contributed by atoms with E-state index in [0.717, 1.165) is 0 Å². The van der Waals surface area contributed by atoms with Crippen molar-refractivity contribution in [1.29, 1.82) is 0 Å². The number of nitrogens with one attached hydrogen (secondary N) is 1. The van der Waals surface area contributed by atoms with Gasteiger partial charge in [-0.2, -0.15) is 13.2 Å². The van der Waals surface area contributed by atoms with Gasteiger partial charge < -0.3 is 21.0 Å². The number of amides is 1. The van der Waals surface area contributed by atoms with E-state index in [2.05, 4.69) is 26.2 Å². The van der Waals surface area contributed by atoms with Gasteiger partial charge in [0.05, 0.1) is 11.3 Å². The van der Waals surface area contributed by atoms with Crippen molar-refractivity contribution in [1.82, 2.24) is 10.3 Å². The Morgan fingerprint density at radius 1 is 1.45 bits per heavy atom. The fourth-order valence-electron chi connectivity index (χ4n) is 1.25. The lowest BCUT2D eigenvalue weighted by Gasteiger charge is -2.12. The van der Waals surface area contributed by atoms with Crippen molar-refractivity contribution < 1.29 is 27.9 Å². The molecule has 1 heterocycles. The monoisotopic (exact) mass is 354 g/mol. The normalized spacial score (nSPS) is 11.2. The second kappa shape index (κ2) is 6.07. The van der Waals surface area contributed by atoms with Gasteiger partial charge in [-0.25, -0.2) is 4.98 Å². The molecule has 0 aliphatic carbocycles. The van der Waals surface area contributed by atoms with Gasteiger partial charge in [-0.3, -0.25) is 4.79 Å². The Balaban J connectivity index is 2.95. The van der Waals surface area contributed by atoms with Gasteiger partial charge in [-0.1, -0.05) is 0 Å². The van der Waals surface area contributed by atoms with Gasteiger partial charge in [-0.05, 0) is 22.0 Å². The van der Waals surface area contributed by atoms with Crippen LogP contribution < -0.4 is 16.2 Å². The lowest BCUT2D eigenvalue weighted by Crippen LogP contribution is -2.32. The summed E-state index contributed by atoms with van der Waals surface area (Å²) in [7, 11) is 0. The minimum Gasteiger partial charge on any atom is -0.550 e.